The monoisotopic (exact) mass is 565 g/mol. The Morgan fingerprint density at radius 1 is 1.10 bits per heavy atom. The standard InChI is InChI=1S/C31H33ClN2O4S/c1-19(35)25-14-15-33-31(25,29(37)38)34(18-30(2,3)4)26-13-12-21(32)16-24(26)28(39-17-27(34)36)23-11-7-9-20-8-5-6-10-22(20)23/h5-13,16,25,28,33H,14-15,17-18H2,1-4H3/p+1/t25-,28?,31+,34+/m1/s1. The maximum absolute atomic E-state index is 14.7. The molecule has 2 aliphatic heterocycles. The summed E-state index contributed by atoms with van der Waals surface area (Å²) in [6.45, 7) is 7.97. The Kier molecular flexibility index (Phi) is 7.17. The summed E-state index contributed by atoms with van der Waals surface area (Å²) in [6.07, 6.45) is 0.349. The van der Waals surface area contributed by atoms with Crippen LogP contribution in [0.1, 0.15) is 50.5 Å². The maximum Gasteiger partial charge on any atom is 0.384 e. The predicted molar refractivity (Wildman–Crippen MR) is 158 cm³/mol. The van der Waals surface area contributed by atoms with Gasteiger partial charge in [-0.05, 0) is 41.8 Å². The number of carboxylic acid groups (broad SMARTS) is 1. The van der Waals surface area contributed by atoms with E-state index in [9.17, 15) is 19.5 Å². The van der Waals surface area contributed by atoms with Gasteiger partial charge in [-0.15, -0.1) is 11.8 Å². The molecule has 1 unspecified atom stereocenters. The van der Waals surface area contributed by atoms with E-state index in [1.54, 1.807) is 6.07 Å². The Morgan fingerprint density at radius 2 is 1.82 bits per heavy atom. The number of fused-ring (bicyclic) bond motifs is 2. The van der Waals surface area contributed by atoms with Gasteiger partial charge in [0.15, 0.2) is 0 Å². The second kappa shape index (κ2) is 10.0. The van der Waals surface area contributed by atoms with Crippen LogP contribution in [-0.4, -0.2) is 47.3 Å². The molecule has 4 atom stereocenters. The topological polar surface area (TPSA) is 83.5 Å². The average molecular weight is 566 g/mol. The lowest BCUT2D eigenvalue weighted by Crippen LogP contribution is -2.81. The summed E-state index contributed by atoms with van der Waals surface area (Å²) in [4.78, 5) is 41.2. The molecule has 6 nitrogen and oxygen atoms in total. The molecule has 5 rings (SSSR count). The molecular formula is C31H34ClN2O4S+. The molecule has 0 spiro atoms. The fourth-order valence-electron chi connectivity index (χ4n) is 6.73. The van der Waals surface area contributed by atoms with Crippen LogP contribution in [-0.2, 0) is 14.4 Å². The van der Waals surface area contributed by atoms with Crippen LogP contribution >= 0.6 is 23.4 Å². The molecule has 3 aromatic rings. The first-order valence-corrected chi connectivity index (χ1v) is 14.6. The van der Waals surface area contributed by atoms with Crippen molar-refractivity contribution >= 4 is 57.5 Å². The molecule has 1 fully saturated rings. The van der Waals surface area contributed by atoms with Crippen LogP contribution in [0.15, 0.2) is 60.7 Å². The molecule has 1 amide bonds. The van der Waals surface area contributed by atoms with Crippen LogP contribution in [0.25, 0.3) is 10.8 Å². The number of carbonyl (C=O) groups is 3. The van der Waals surface area contributed by atoms with Crippen LogP contribution < -0.4 is 9.80 Å². The number of aliphatic carboxylic acids is 1. The van der Waals surface area contributed by atoms with E-state index in [2.05, 4.69) is 29.6 Å². The summed E-state index contributed by atoms with van der Waals surface area (Å²) in [5, 5.41) is 16.6. The average Bonchev–Trinajstić information content (AvgIpc) is 3.30. The Labute approximate surface area is 238 Å². The summed E-state index contributed by atoms with van der Waals surface area (Å²) in [5.41, 5.74) is 0.135. The van der Waals surface area contributed by atoms with Crippen molar-refractivity contribution < 1.29 is 19.5 Å². The number of thioether (sulfide) groups is 1. The fourth-order valence-corrected chi connectivity index (χ4v) is 8.19. The molecule has 0 bridgehead atoms. The smallest absolute Gasteiger partial charge is 0.384 e. The van der Waals surface area contributed by atoms with Crippen molar-refractivity contribution in [1.29, 1.82) is 0 Å². The number of nitrogens with one attached hydrogen (secondary N) is 1. The van der Waals surface area contributed by atoms with Crippen LogP contribution in [0.2, 0.25) is 5.02 Å². The molecule has 2 heterocycles. The van der Waals surface area contributed by atoms with E-state index >= 15 is 0 Å². The zero-order valence-electron chi connectivity index (χ0n) is 22.7. The molecule has 2 N–H and O–H groups in total. The van der Waals surface area contributed by atoms with E-state index in [4.69, 9.17) is 11.6 Å². The van der Waals surface area contributed by atoms with E-state index in [-0.39, 0.29) is 29.2 Å². The number of rotatable bonds is 5. The first-order valence-electron chi connectivity index (χ1n) is 13.2. The van der Waals surface area contributed by atoms with Crippen molar-refractivity contribution in [1.82, 2.24) is 9.80 Å². The highest BCUT2D eigenvalue weighted by Crippen LogP contribution is 2.53. The van der Waals surface area contributed by atoms with Gasteiger partial charge in [0, 0.05) is 28.6 Å². The molecule has 3 aromatic carbocycles. The predicted octanol–water partition coefficient (Wildman–Crippen LogP) is 6.19. The van der Waals surface area contributed by atoms with Gasteiger partial charge >= 0.3 is 11.9 Å². The van der Waals surface area contributed by atoms with Crippen LogP contribution in [0.5, 0.6) is 0 Å². The van der Waals surface area contributed by atoms with Gasteiger partial charge in [-0.1, -0.05) is 74.8 Å². The number of hydrogen-bond acceptors (Lipinski definition) is 5. The minimum atomic E-state index is -1.84. The van der Waals surface area contributed by atoms with Gasteiger partial charge in [-0.3, -0.25) is 10.1 Å². The normalized spacial score (nSPS) is 27.3. The number of ketones is 1. The van der Waals surface area contributed by atoms with Crippen molar-refractivity contribution in [3.8, 4) is 0 Å². The number of benzene rings is 3. The van der Waals surface area contributed by atoms with Gasteiger partial charge in [0.05, 0.1) is 11.8 Å². The minimum absolute atomic E-state index is 0.0810. The molecule has 0 radical (unpaired) electrons. The third-order valence-corrected chi connectivity index (χ3v) is 9.54. The van der Waals surface area contributed by atoms with Gasteiger partial charge in [-0.25, -0.2) is 9.59 Å². The van der Waals surface area contributed by atoms with E-state index in [0.717, 1.165) is 21.9 Å². The second-order valence-electron chi connectivity index (χ2n) is 11.8. The summed E-state index contributed by atoms with van der Waals surface area (Å²) in [6, 6.07) is 19.7. The maximum atomic E-state index is 14.7. The quantitative estimate of drug-likeness (QED) is 0.359. The van der Waals surface area contributed by atoms with E-state index in [1.807, 2.05) is 51.1 Å². The number of hydrogen-bond donors (Lipinski definition) is 2. The van der Waals surface area contributed by atoms with E-state index < -0.39 is 27.4 Å². The molecule has 0 aliphatic carbocycles. The second-order valence-corrected chi connectivity index (χ2v) is 13.4. The van der Waals surface area contributed by atoms with Crippen molar-refractivity contribution in [3.63, 3.8) is 0 Å². The summed E-state index contributed by atoms with van der Waals surface area (Å²) < 4.78 is -0.489. The molecule has 0 aromatic heterocycles. The minimum Gasteiger partial charge on any atom is -0.475 e. The first kappa shape index (κ1) is 27.8. The van der Waals surface area contributed by atoms with Crippen LogP contribution in [0.3, 0.4) is 0 Å². The van der Waals surface area contributed by atoms with Crippen molar-refractivity contribution in [2.75, 3.05) is 18.8 Å². The summed E-state index contributed by atoms with van der Waals surface area (Å²) in [7, 11) is 0. The Bertz CT molecular complexity index is 1480. The number of amides is 1. The third kappa shape index (κ3) is 4.40. The zero-order chi connectivity index (χ0) is 28.2. The molecule has 2 aliphatic rings. The Balaban J connectivity index is 1.88. The van der Waals surface area contributed by atoms with Gasteiger partial charge in [0.2, 0.25) is 0 Å². The lowest BCUT2D eigenvalue weighted by atomic mass is 9.81. The summed E-state index contributed by atoms with van der Waals surface area (Å²) in [5.74, 6) is -2.45. The number of nitrogens with zero attached hydrogens (tertiary/aromatic N) is 1. The van der Waals surface area contributed by atoms with E-state index in [1.165, 1.54) is 18.7 Å². The lowest BCUT2D eigenvalue weighted by Gasteiger charge is -2.50. The zero-order valence-corrected chi connectivity index (χ0v) is 24.2. The highest BCUT2D eigenvalue weighted by Gasteiger charge is 2.71. The molecule has 0 saturated carbocycles. The SMILES string of the molecule is CC(=O)[C@H]1CCN[C@]1(C(=O)O)[N@+]1(CC(C)(C)C)C(=O)CSC(c2cccc3ccccc23)c2cc(Cl)ccc21. The highest BCUT2D eigenvalue weighted by molar-refractivity contribution is 8.00. The number of carbonyl (C=O) groups excluding carboxylic acids is 2. The molecule has 39 heavy (non-hydrogen) atoms. The van der Waals surface area contributed by atoms with Crippen molar-refractivity contribution in [3.05, 3.63) is 76.8 Å². The Morgan fingerprint density at radius 3 is 2.51 bits per heavy atom. The molecule has 1 saturated heterocycles. The van der Waals surface area contributed by atoms with Crippen molar-refractivity contribution in [2.45, 2.75) is 45.0 Å². The van der Waals surface area contributed by atoms with Crippen LogP contribution in [0, 0.1) is 11.3 Å². The Hall–Kier alpha value is -2.71. The van der Waals surface area contributed by atoms with Crippen LogP contribution in [0.4, 0.5) is 5.69 Å². The largest absolute Gasteiger partial charge is 0.475 e. The molecule has 204 valence electrons. The molecular weight excluding hydrogens is 532 g/mol. The third-order valence-electron chi connectivity index (χ3n) is 8.05. The lowest BCUT2D eigenvalue weighted by molar-refractivity contribution is -0.166. The number of carboxylic acids is 1. The van der Waals surface area contributed by atoms with Gasteiger partial charge in [0.1, 0.15) is 23.1 Å². The fraction of sp³-hybridized carbons (Fsp3) is 0.387. The number of Topliss-reactive ketones (excluding diaryl/α,β-unsaturated/α-hetero) is 1. The van der Waals surface area contributed by atoms with Gasteiger partial charge in [-0.2, -0.15) is 4.48 Å². The van der Waals surface area contributed by atoms with Gasteiger partial charge < -0.3 is 5.11 Å². The number of halogens is 1. The number of quaternary nitrogens is 1. The van der Waals surface area contributed by atoms with Crippen molar-refractivity contribution in [2.24, 2.45) is 11.3 Å². The van der Waals surface area contributed by atoms with Gasteiger partial charge in [0.25, 0.3) is 5.66 Å². The summed E-state index contributed by atoms with van der Waals surface area (Å²) >= 11 is 8.10. The van der Waals surface area contributed by atoms with E-state index in [0.29, 0.717) is 23.7 Å². The molecule has 8 heteroatoms. The highest BCUT2D eigenvalue weighted by atomic mass is 35.5. The first-order chi connectivity index (χ1) is 18.4.